The first-order valence-electron chi connectivity index (χ1n) is 3.19. The fourth-order valence-electron chi connectivity index (χ4n) is 1.03. The van der Waals surface area contributed by atoms with Crippen LogP contribution >= 0.6 is 0 Å². The van der Waals surface area contributed by atoms with Gasteiger partial charge in [0.15, 0.2) is 6.10 Å². The largest absolute Gasteiger partial charge is 0.480 e. The van der Waals surface area contributed by atoms with Crippen molar-refractivity contribution in [2.75, 3.05) is 0 Å². The van der Waals surface area contributed by atoms with Crippen molar-refractivity contribution in [3.05, 3.63) is 0 Å². The smallest absolute Gasteiger partial charge is 0.327 e. The number of aliphatic hydroxyl groups is 1. The van der Waals surface area contributed by atoms with Crippen LogP contribution < -0.4 is 5.32 Å². The van der Waals surface area contributed by atoms with Crippen molar-refractivity contribution >= 4 is 11.9 Å². The zero-order chi connectivity index (χ0) is 9.30. The van der Waals surface area contributed by atoms with Crippen LogP contribution in [-0.4, -0.2) is 34.2 Å². The van der Waals surface area contributed by atoms with E-state index in [0.29, 0.717) is 0 Å². The Morgan fingerprint density at radius 3 is 2.58 bits per heavy atom. The van der Waals surface area contributed by atoms with Crippen LogP contribution in [0.5, 0.6) is 0 Å². The molecule has 1 rings (SSSR count). The van der Waals surface area contributed by atoms with E-state index in [4.69, 9.17) is 15.5 Å². The van der Waals surface area contributed by atoms with E-state index >= 15 is 0 Å². The number of hydrogen-bond acceptors (Lipinski definition) is 4. The number of hydrogen-bond donors (Lipinski definition) is 3. The summed E-state index contributed by atoms with van der Waals surface area (Å²) in [5.74, 6) is -3.32. The summed E-state index contributed by atoms with van der Waals surface area (Å²) in [5, 5.41) is 27.9. The zero-order valence-corrected chi connectivity index (χ0v) is 5.89. The van der Waals surface area contributed by atoms with Crippen LogP contribution in [0.1, 0.15) is 0 Å². The highest BCUT2D eigenvalue weighted by Crippen LogP contribution is 2.16. The van der Waals surface area contributed by atoms with Gasteiger partial charge in [-0.1, -0.05) is 0 Å². The second-order valence-corrected chi connectivity index (χ2v) is 2.42. The number of nitriles is 1. The Hall–Kier alpha value is -1.61. The first-order valence-corrected chi connectivity index (χ1v) is 3.19. The molecule has 6 nitrogen and oxygen atoms in total. The number of carboxylic acid groups (broad SMARTS) is 1. The van der Waals surface area contributed by atoms with Crippen LogP contribution in [0.4, 0.5) is 0 Å². The van der Waals surface area contributed by atoms with Gasteiger partial charge >= 0.3 is 5.97 Å². The molecule has 1 heterocycles. The average molecular weight is 170 g/mol. The number of carbonyl (C=O) groups is 2. The molecule has 0 aromatic heterocycles. The van der Waals surface area contributed by atoms with E-state index in [1.54, 1.807) is 6.07 Å². The third-order valence-corrected chi connectivity index (χ3v) is 1.68. The molecule has 0 aromatic carbocycles. The standard InChI is InChI=1S/C6H6N2O4/c7-1-2-3(6(11)12)8-5(10)4(2)9/h2-4,9H,(H,8,10)(H,11,12)/t2-,3+,4-/m1/s1. The Labute approximate surface area is 67.4 Å². The number of rotatable bonds is 1. The van der Waals surface area contributed by atoms with Gasteiger partial charge in [-0.25, -0.2) is 4.79 Å². The molecular weight excluding hydrogens is 164 g/mol. The third-order valence-electron chi connectivity index (χ3n) is 1.68. The van der Waals surface area contributed by atoms with Gasteiger partial charge in [-0.2, -0.15) is 5.26 Å². The molecular formula is C6H6N2O4. The predicted octanol–water partition coefficient (Wildman–Crippen LogP) is -1.93. The van der Waals surface area contributed by atoms with Crippen molar-refractivity contribution in [3.8, 4) is 6.07 Å². The van der Waals surface area contributed by atoms with Crippen molar-refractivity contribution in [1.82, 2.24) is 5.32 Å². The minimum absolute atomic E-state index is 0.811. The number of nitrogens with one attached hydrogen (secondary N) is 1. The minimum atomic E-state index is -1.53. The molecule has 0 saturated carbocycles. The van der Waals surface area contributed by atoms with Crippen LogP contribution in [0.3, 0.4) is 0 Å². The molecule has 1 aliphatic rings. The summed E-state index contributed by atoms with van der Waals surface area (Å²) in [7, 11) is 0. The van der Waals surface area contributed by atoms with Crippen molar-refractivity contribution in [2.45, 2.75) is 12.1 Å². The molecule has 0 aliphatic carbocycles. The fraction of sp³-hybridized carbons (Fsp3) is 0.500. The van der Waals surface area contributed by atoms with Gasteiger partial charge in [-0.3, -0.25) is 4.79 Å². The maximum absolute atomic E-state index is 10.7. The quantitative estimate of drug-likeness (QED) is 0.424. The summed E-state index contributed by atoms with van der Waals surface area (Å²) in [6.07, 6.45) is -1.53. The van der Waals surface area contributed by atoms with Crippen LogP contribution in [0.15, 0.2) is 0 Å². The van der Waals surface area contributed by atoms with E-state index < -0.39 is 29.9 Å². The molecule has 0 spiro atoms. The Morgan fingerprint density at radius 2 is 2.25 bits per heavy atom. The summed E-state index contributed by atoms with van der Waals surface area (Å²) in [6, 6.07) is 0.267. The fourth-order valence-corrected chi connectivity index (χ4v) is 1.03. The van der Waals surface area contributed by atoms with Gasteiger partial charge in [-0.15, -0.1) is 0 Å². The first-order chi connectivity index (χ1) is 5.57. The van der Waals surface area contributed by atoms with Crippen LogP contribution in [-0.2, 0) is 9.59 Å². The maximum Gasteiger partial charge on any atom is 0.327 e. The van der Waals surface area contributed by atoms with E-state index in [1.807, 2.05) is 5.32 Å². The van der Waals surface area contributed by atoms with Gasteiger partial charge in [0.05, 0.1) is 6.07 Å². The van der Waals surface area contributed by atoms with Gasteiger partial charge in [0.1, 0.15) is 12.0 Å². The summed E-state index contributed by atoms with van der Waals surface area (Å²) < 4.78 is 0. The number of nitrogens with zero attached hydrogens (tertiary/aromatic N) is 1. The third kappa shape index (κ3) is 1.10. The molecule has 1 saturated heterocycles. The highest BCUT2D eigenvalue weighted by Gasteiger charge is 2.45. The molecule has 64 valence electrons. The molecule has 1 amide bonds. The lowest BCUT2D eigenvalue weighted by Gasteiger charge is -2.06. The second kappa shape index (κ2) is 2.79. The molecule has 3 atom stereocenters. The summed E-state index contributed by atoms with van der Waals surface area (Å²) in [6.45, 7) is 0. The highest BCUT2D eigenvalue weighted by molar-refractivity contribution is 5.91. The molecule has 3 N–H and O–H groups in total. The van der Waals surface area contributed by atoms with Gasteiger partial charge < -0.3 is 15.5 Å². The SMILES string of the molecule is N#C[C@@H]1[C@@H](C(=O)O)NC(=O)[C@@H]1O. The molecule has 0 unspecified atom stereocenters. The number of carbonyl (C=O) groups excluding carboxylic acids is 1. The van der Waals surface area contributed by atoms with Gasteiger partial charge in [-0.05, 0) is 0 Å². The molecule has 1 aliphatic heterocycles. The lowest BCUT2D eigenvalue weighted by atomic mass is 10.0. The van der Waals surface area contributed by atoms with Crippen LogP contribution in [0.2, 0.25) is 0 Å². The average Bonchev–Trinajstić information content (AvgIpc) is 2.29. The van der Waals surface area contributed by atoms with Crippen LogP contribution in [0.25, 0.3) is 0 Å². The summed E-state index contributed by atoms with van der Waals surface area (Å²) >= 11 is 0. The Kier molecular flexibility index (Phi) is 1.97. The van der Waals surface area contributed by atoms with E-state index in [0.717, 1.165) is 0 Å². The monoisotopic (exact) mass is 170 g/mol. The van der Waals surface area contributed by atoms with Gasteiger partial charge in [0.25, 0.3) is 5.91 Å². The first kappa shape index (κ1) is 8.49. The number of aliphatic hydroxyl groups excluding tert-OH is 1. The molecule has 1 fully saturated rings. The summed E-state index contributed by atoms with van der Waals surface area (Å²) in [4.78, 5) is 21.1. The number of carboxylic acids is 1. The normalized spacial score (nSPS) is 34.0. The van der Waals surface area contributed by atoms with Gasteiger partial charge in [0.2, 0.25) is 0 Å². The van der Waals surface area contributed by atoms with Crippen LogP contribution in [0, 0.1) is 17.2 Å². The van der Waals surface area contributed by atoms with Crippen molar-refractivity contribution in [3.63, 3.8) is 0 Å². The van der Waals surface area contributed by atoms with Gasteiger partial charge in [0, 0.05) is 0 Å². The molecule has 12 heavy (non-hydrogen) atoms. The Bertz CT molecular complexity index is 269. The molecule has 0 radical (unpaired) electrons. The number of aliphatic carboxylic acids is 1. The van der Waals surface area contributed by atoms with E-state index in [9.17, 15) is 9.59 Å². The second-order valence-electron chi connectivity index (χ2n) is 2.42. The van der Waals surface area contributed by atoms with Crippen molar-refractivity contribution in [2.24, 2.45) is 5.92 Å². The lowest BCUT2D eigenvalue weighted by molar-refractivity contribution is -0.140. The topological polar surface area (TPSA) is 110 Å². The predicted molar refractivity (Wildman–Crippen MR) is 34.7 cm³/mol. The minimum Gasteiger partial charge on any atom is -0.480 e. The Morgan fingerprint density at radius 1 is 1.67 bits per heavy atom. The van der Waals surface area contributed by atoms with Crippen molar-refractivity contribution < 1.29 is 19.8 Å². The molecule has 6 heteroatoms. The zero-order valence-electron chi connectivity index (χ0n) is 5.89. The van der Waals surface area contributed by atoms with E-state index in [-0.39, 0.29) is 0 Å². The number of amides is 1. The van der Waals surface area contributed by atoms with Crippen molar-refractivity contribution in [1.29, 1.82) is 5.26 Å². The Balaban J connectivity index is 2.87. The highest BCUT2D eigenvalue weighted by atomic mass is 16.4. The lowest BCUT2D eigenvalue weighted by Crippen LogP contribution is -2.36. The molecule has 0 bridgehead atoms. The molecule has 0 aromatic rings. The summed E-state index contributed by atoms with van der Waals surface area (Å²) in [5.41, 5.74) is 0. The maximum atomic E-state index is 10.7. The van der Waals surface area contributed by atoms with E-state index in [2.05, 4.69) is 0 Å². The van der Waals surface area contributed by atoms with E-state index in [1.165, 1.54) is 0 Å².